The lowest BCUT2D eigenvalue weighted by molar-refractivity contribution is -0.138. The Balaban J connectivity index is 1.90. The third-order valence-electron chi connectivity index (χ3n) is 4.53. The van der Waals surface area contributed by atoms with E-state index in [1.54, 1.807) is 0 Å². The van der Waals surface area contributed by atoms with Gasteiger partial charge in [0.05, 0.1) is 12.0 Å². The first-order chi connectivity index (χ1) is 9.54. The van der Waals surface area contributed by atoms with Gasteiger partial charge in [-0.15, -0.1) is 0 Å². The van der Waals surface area contributed by atoms with Gasteiger partial charge in [0.2, 0.25) is 0 Å². The van der Waals surface area contributed by atoms with E-state index in [4.69, 9.17) is 5.11 Å². The van der Waals surface area contributed by atoms with Crippen molar-refractivity contribution in [3.8, 4) is 0 Å². The average Bonchev–Trinajstić information content (AvgIpc) is 2.86. The van der Waals surface area contributed by atoms with Crippen LogP contribution in [0.3, 0.4) is 0 Å². The van der Waals surface area contributed by atoms with Crippen molar-refractivity contribution < 1.29 is 14.7 Å². The normalized spacial score (nSPS) is 22.8. The van der Waals surface area contributed by atoms with Crippen LogP contribution in [0.4, 0.5) is 4.79 Å². The van der Waals surface area contributed by atoms with Crippen molar-refractivity contribution in [1.29, 1.82) is 0 Å². The predicted molar refractivity (Wildman–Crippen MR) is 75.7 cm³/mol. The van der Waals surface area contributed by atoms with E-state index in [9.17, 15) is 9.59 Å². The second-order valence-electron chi connectivity index (χ2n) is 5.91. The highest BCUT2D eigenvalue weighted by Gasteiger charge is 2.38. The fourth-order valence-corrected chi connectivity index (χ4v) is 3.26. The lowest BCUT2D eigenvalue weighted by Gasteiger charge is -2.37. The highest BCUT2D eigenvalue weighted by molar-refractivity contribution is 5.77. The van der Waals surface area contributed by atoms with E-state index in [1.165, 1.54) is 0 Å². The van der Waals surface area contributed by atoms with E-state index in [2.05, 4.69) is 17.1 Å². The Morgan fingerprint density at radius 2 is 1.75 bits per heavy atom. The topological polar surface area (TPSA) is 72.9 Å². The molecule has 6 heteroatoms. The Morgan fingerprint density at radius 1 is 1.15 bits per heavy atom. The number of nitrogens with one attached hydrogen (secondary N) is 1. The molecule has 0 bridgehead atoms. The first kappa shape index (κ1) is 15.1. The van der Waals surface area contributed by atoms with Crippen LogP contribution in [0.5, 0.6) is 0 Å². The molecular formula is C14H25N3O3. The van der Waals surface area contributed by atoms with E-state index in [-0.39, 0.29) is 12.5 Å². The molecule has 0 aromatic rings. The first-order valence-electron chi connectivity index (χ1n) is 7.56. The summed E-state index contributed by atoms with van der Waals surface area (Å²) < 4.78 is 0. The van der Waals surface area contributed by atoms with Crippen LogP contribution < -0.4 is 5.32 Å². The molecule has 2 rings (SSSR count). The second-order valence-corrected chi connectivity index (χ2v) is 5.91. The van der Waals surface area contributed by atoms with Gasteiger partial charge in [-0.05, 0) is 19.4 Å². The molecule has 0 aromatic heterocycles. The molecule has 1 aliphatic carbocycles. The maximum absolute atomic E-state index is 12.3. The van der Waals surface area contributed by atoms with E-state index in [1.807, 2.05) is 4.90 Å². The molecule has 0 spiro atoms. The maximum Gasteiger partial charge on any atom is 0.317 e. The molecule has 0 aromatic carbocycles. The largest absolute Gasteiger partial charge is 0.481 e. The molecule has 6 nitrogen and oxygen atoms in total. The summed E-state index contributed by atoms with van der Waals surface area (Å²) in [5, 5.41) is 12.1. The fourth-order valence-electron chi connectivity index (χ4n) is 3.26. The smallest absolute Gasteiger partial charge is 0.317 e. The average molecular weight is 283 g/mol. The minimum atomic E-state index is -0.831. The van der Waals surface area contributed by atoms with Crippen LogP contribution in [0.25, 0.3) is 0 Å². The number of urea groups is 1. The van der Waals surface area contributed by atoms with Crippen LogP contribution in [0, 0.1) is 0 Å². The highest BCUT2D eigenvalue weighted by Crippen LogP contribution is 2.32. The molecule has 1 saturated carbocycles. The second kappa shape index (κ2) is 6.43. The van der Waals surface area contributed by atoms with Crippen LogP contribution in [0.1, 0.15) is 39.0 Å². The van der Waals surface area contributed by atoms with Gasteiger partial charge < -0.3 is 20.2 Å². The van der Waals surface area contributed by atoms with Gasteiger partial charge >= 0.3 is 12.0 Å². The number of carboxylic acid groups (broad SMARTS) is 1. The molecular weight excluding hydrogens is 258 g/mol. The van der Waals surface area contributed by atoms with Gasteiger partial charge in [-0.2, -0.15) is 0 Å². The van der Waals surface area contributed by atoms with Crippen molar-refractivity contribution in [3.63, 3.8) is 0 Å². The molecule has 2 fully saturated rings. The van der Waals surface area contributed by atoms with E-state index < -0.39 is 11.5 Å². The SMILES string of the molecule is CCN1CCN(C(=O)NC2(CC(=O)O)CCCC2)CC1. The van der Waals surface area contributed by atoms with Crippen molar-refractivity contribution in [2.75, 3.05) is 32.7 Å². The summed E-state index contributed by atoms with van der Waals surface area (Å²) in [6.45, 7) is 6.38. The number of carboxylic acids is 1. The van der Waals surface area contributed by atoms with Crippen LogP contribution in [-0.4, -0.2) is 65.2 Å². The quantitative estimate of drug-likeness (QED) is 0.811. The summed E-state index contributed by atoms with van der Waals surface area (Å²) in [5.41, 5.74) is -0.523. The Bertz CT molecular complexity index is 359. The molecule has 0 unspecified atom stereocenters. The molecule has 0 radical (unpaired) electrons. The van der Waals surface area contributed by atoms with Crippen LogP contribution in [0.15, 0.2) is 0 Å². The number of likely N-dealkylation sites (N-methyl/N-ethyl adjacent to an activating group) is 1. The van der Waals surface area contributed by atoms with Gasteiger partial charge in [-0.3, -0.25) is 4.79 Å². The van der Waals surface area contributed by atoms with Gasteiger partial charge in [0.1, 0.15) is 0 Å². The molecule has 1 saturated heterocycles. The zero-order chi connectivity index (χ0) is 14.6. The number of hydrogen-bond acceptors (Lipinski definition) is 3. The Kier molecular flexibility index (Phi) is 4.86. The van der Waals surface area contributed by atoms with Crippen molar-refractivity contribution in [2.24, 2.45) is 0 Å². The molecule has 2 aliphatic rings. The maximum atomic E-state index is 12.3. The molecule has 20 heavy (non-hydrogen) atoms. The molecule has 0 atom stereocenters. The summed E-state index contributed by atoms with van der Waals surface area (Å²) >= 11 is 0. The molecule has 2 N–H and O–H groups in total. The highest BCUT2D eigenvalue weighted by atomic mass is 16.4. The lowest BCUT2D eigenvalue weighted by atomic mass is 9.93. The standard InChI is InChI=1S/C14H25N3O3/c1-2-16-7-9-17(10-8-16)13(20)15-14(11-12(18)19)5-3-4-6-14/h2-11H2,1H3,(H,15,20)(H,18,19). The molecule has 114 valence electrons. The van der Waals surface area contributed by atoms with E-state index in [0.717, 1.165) is 58.4 Å². The fraction of sp³-hybridized carbons (Fsp3) is 0.857. The predicted octanol–water partition coefficient (Wildman–Crippen LogP) is 1.12. The number of hydrogen-bond donors (Lipinski definition) is 2. The van der Waals surface area contributed by atoms with Gasteiger partial charge in [-0.1, -0.05) is 19.8 Å². The van der Waals surface area contributed by atoms with Crippen molar-refractivity contribution in [2.45, 2.75) is 44.6 Å². The minimum absolute atomic E-state index is 0.0354. The van der Waals surface area contributed by atoms with Crippen LogP contribution in [-0.2, 0) is 4.79 Å². The number of rotatable bonds is 4. The van der Waals surface area contributed by atoms with Gasteiger partial charge in [0, 0.05) is 26.2 Å². The number of carbonyl (C=O) groups is 2. The van der Waals surface area contributed by atoms with Gasteiger partial charge in [-0.25, -0.2) is 4.79 Å². The Hall–Kier alpha value is -1.30. The zero-order valence-corrected chi connectivity index (χ0v) is 12.2. The summed E-state index contributed by atoms with van der Waals surface area (Å²) in [6.07, 6.45) is 3.59. The van der Waals surface area contributed by atoms with E-state index in [0.29, 0.717) is 0 Å². The van der Waals surface area contributed by atoms with Crippen molar-refractivity contribution in [1.82, 2.24) is 15.1 Å². The van der Waals surface area contributed by atoms with Crippen molar-refractivity contribution >= 4 is 12.0 Å². The lowest BCUT2D eigenvalue weighted by Crippen LogP contribution is -2.57. The molecule has 2 amide bonds. The third kappa shape index (κ3) is 3.62. The van der Waals surface area contributed by atoms with Gasteiger partial charge in [0.25, 0.3) is 0 Å². The number of piperazine rings is 1. The number of amides is 2. The Labute approximate surface area is 120 Å². The third-order valence-corrected chi connectivity index (χ3v) is 4.53. The summed E-state index contributed by atoms with van der Waals surface area (Å²) in [5.74, 6) is -0.831. The van der Waals surface area contributed by atoms with Crippen LogP contribution >= 0.6 is 0 Å². The van der Waals surface area contributed by atoms with E-state index >= 15 is 0 Å². The number of carbonyl (C=O) groups excluding carboxylic acids is 1. The zero-order valence-electron chi connectivity index (χ0n) is 12.2. The summed E-state index contributed by atoms with van der Waals surface area (Å²) in [4.78, 5) is 27.5. The first-order valence-corrected chi connectivity index (χ1v) is 7.56. The summed E-state index contributed by atoms with van der Waals surface area (Å²) in [6, 6.07) is -0.0936. The van der Waals surface area contributed by atoms with Gasteiger partial charge in [0.15, 0.2) is 0 Å². The molecule has 1 aliphatic heterocycles. The van der Waals surface area contributed by atoms with Crippen LogP contribution in [0.2, 0.25) is 0 Å². The Morgan fingerprint density at radius 3 is 2.25 bits per heavy atom. The number of aliphatic carboxylic acids is 1. The number of nitrogens with zero attached hydrogens (tertiary/aromatic N) is 2. The minimum Gasteiger partial charge on any atom is -0.481 e. The summed E-state index contributed by atoms with van der Waals surface area (Å²) in [7, 11) is 0. The monoisotopic (exact) mass is 283 g/mol. The molecule has 1 heterocycles. The van der Waals surface area contributed by atoms with Crippen molar-refractivity contribution in [3.05, 3.63) is 0 Å².